The number of hydrogen-bond donors (Lipinski definition) is 0. The van der Waals surface area contributed by atoms with E-state index in [1.807, 2.05) is 54.4 Å². The molecule has 0 unspecified atom stereocenters. The summed E-state index contributed by atoms with van der Waals surface area (Å²) in [6, 6.07) is 17.2. The number of anilines is 2. The van der Waals surface area contributed by atoms with Crippen LogP contribution in [0.15, 0.2) is 48.5 Å². The number of carbonyl (C=O) groups excluding carboxylic acids is 1. The van der Waals surface area contributed by atoms with Crippen molar-refractivity contribution in [2.45, 2.75) is 19.8 Å². The molecule has 0 radical (unpaired) electrons. The van der Waals surface area contributed by atoms with Crippen LogP contribution in [0, 0.1) is 11.3 Å². The number of esters is 1. The molecule has 7 heteroatoms. The maximum Gasteiger partial charge on any atom is 0.305 e. The Morgan fingerprint density at radius 2 is 1.97 bits per heavy atom. The van der Waals surface area contributed by atoms with Crippen LogP contribution in [0.1, 0.15) is 25.5 Å². The standard InChI is InChI=1S/C24H25N3O4/c1-4-30-24(28)10-7-13-31-23-15-18(11-12-22(23)29-3)27(2)21-14-17(16-25)26-20-9-6-5-8-19(20)21/h5-6,8-9,11-12,14-15H,4,7,10,13H2,1-3H3. The van der Waals surface area contributed by atoms with Gasteiger partial charge in [-0.2, -0.15) is 5.26 Å². The second kappa shape index (κ2) is 10.3. The van der Waals surface area contributed by atoms with Gasteiger partial charge in [-0.3, -0.25) is 4.79 Å². The van der Waals surface area contributed by atoms with Crippen molar-refractivity contribution in [3.8, 4) is 17.6 Å². The zero-order valence-electron chi connectivity index (χ0n) is 17.9. The van der Waals surface area contributed by atoms with Crippen LogP contribution in [-0.4, -0.2) is 38.3 Å². The molecule has 0 saturated carbocycles. The molecule has 0 N–H and O–H groups in total. The van der Waals surface area contributed by atoms with Gasteiger partial charge in [-0.1, -0.05) is 18.2 Å². The highest BCUT2D eigenvalue weighted by Crippen LogP contribution is 2.36. The number of ether oxygens (including phenoxy) is 3. The van der Waals surface area contributed by atoms with Crippen molar-refractivity contribution in [1.29, 1.82) is 5.26 Å². The summed E-state index contributed by atoms with van der Waals surface area (Å²) in [5, 5.41) is 10.3. The van der Waals surface area contributed by atoms with Crippen molar-refractivity contribution >= 4 is 28.2 Å². The number of nitriles is 1. The highest BCUT2D eigenvalue weighted by Gasteiger charge is 2.14. The second-order valence-electron chi connectivity index (χ2n) is 6.81. The maximum absolute atomic E-state index is 11.5. The molecule has 0 aliphatic rings. The number of pyridine rings is 1. The Kier molecular flexibility index (Phi) is 7.28. The van der Waals surface area contributed by atoms with Crippen molar-refractivity contribution < 1.29 is 19.0 Å². The molecule has 1 aromatic heterocycles. The van der Waals surface area contributed by atoms with E-state index in [1.54, 1.807) is 20.1 Å². The van der Waals surface area contributed by atoms with E-state index in [-0.39, 0.29) is 5.97 Å². The fourth-order valence-corrected chi connectivity index (χ4v) is 3.25. The maximum atomic E-state index is 11.5. The third kappa shape index (κ3) is 5.23. The molecule has 0 aliphatic heterocycles. The van der Waals surface area contributed by atoms with Gasteiger partial charge in [0.05, 0.1) is 31.5 Å². The van der Waals surface area contributed by atoms with Crippen molar-refractivity contribution in [2.75, 3.05) is 32.3 Å². The van der Waals surface area contributed by atoms with E-state index in [4.69, 9.17) is 14.2 Å². The molecule has 0 fully saturated rings. The molecular weight excluding hydrogens is 394 g/mol. The Hall–Kier alpha value is -3.79. The zero-order chi connectivity index (χ0) is 22.2. The molecule has 3 rings (SSSR count). The van der Waals surface area contributed by atoms with E-state index in [0.29, 0.717) is 43.2 Å². The number of methoxy groups -OCH3 is 1. The monoisotopic (exact) mass is 419 g/mol. The highest BCUT2D eigenvalue weighted by molar-refractivity contribution is 5.94. The molecule has 0 saturated heterocycles. The highest BCUT2D eigenvalue weighted by atomic mass is 16.5. The van der Waals surface area contributed by atoms with Crippen LogP contribution >= 0.6 is 0 Å². The molecule has 3 aromatic rings. The van der Waals surface area contributed by atoms with E-state index in [9.17, 15) is 10.1 Å². The number of para-hydroxylation sites is 1. The Balaban J connectivity index is 1.85. The van der Waals surface area contributed by atoms with Gasteiger partial charge in [0.25, 0.3) is 0 Å². The SMILES string of the molecule is CCOC(=O)CCCOc1cc(N(C)c2cc(C#N)nc3ccccc23)ccc1OC. The van der Waals surface area contributed by atoms with Crippen LogP contribution in [0.5, 0.6) is 11.5 Å². The first kappa shape index (κ1) is 21.9. The van der Waals surface area contributed by atoms with Gasteiger partial charge in [0, 0.05) is 30.6 Å². The summed E-state index contributed by atoms with van der Waals surface area (Å²) in [4.78, 5) is 17.9. The van der Waals surface area contributed by atoms with Crippen LogP contribution < -0.4 is 14.4 Å². The van der Waals surface area contributed by atoms with Crippen LogP contribution in [0.3, 0.4) is 0 Å². The molecule has 0 bridgehead atoms. The van der Waals surface area contributed by atoms with Gasteiger partial charge in [0.15, 0.2) is 11.5 Å². The van der Waals surface area contributed by atoms with Gasteiger partial charge in [-0.15, -0.1) is 0 Å². The normalized spacial score (nSPS) is 10.4. The molecule has 0 amide bonds. The van der Waals surface area contributed by atoms with Gasteiger partial charge in [-0.05, 0) is 37.6 Å². The molecule has 0 atom stereocenters. The lowest BCUT2D eigenvalue weighted by molar-refractivity contribution is -0.143. The molecular formula is C24H25N3O4. The number of fused-ring (bicyclic) bond motifs is 1. The minimum absolute atomic E-state index is 0.232. The van der Waals surface area contributed by atoms with Crippen molar-refractivity contribution in [2.24, 2.45) is 0 Å². The minimum atomic E-state index is -0.232. The van der Waals surface area contributed by atoms with Gasteiger partial charge in [0.2, 0.25) is 0 Å². The van der Waals surface area contributed by atoms with Crippen LogP contribution in [0.2, 0.25) is 0 Å². The largest absolute Gasteiger partial charge is 0.493 e. The summed E-state index contributed by atoms with van der Waals surface area (Å²) in [7, 11) is 3.51. The summed E-state index contributed by atoms with van der Waals surface area (Å²) in [5.74, 6) is 0.949. The molecule has 31 heavy (non-hydrogen) atoms. The third-order valence-corrected chi connectivity index (χ3v) is 4.79. The van der Waals surface area contributed by atoms with E-state index in [2.05, 4.69) is 11.1 Å². The van der Waals surface area contributed by atoms with Crippen LogP contribution in [0.4, 0.5) is 11.4 Å². The number of aromatic nitrogens is 1. The predicted octanol–water partition coefficient (Wildman–Crippen LogP) is 4.61. The first-order valence-electron chi connectivity index (χ1n) is 10.1. The summed E-state index contributed by atoms with van der Waals surface area (Å²) in [6.07, 6.45) is 0.846. The van der Waals surface area contributed by atoms with Crippen molar-refractivity contribution in [1.82, 2.24) is 4.98 Å². The Bertz CT molecular complexity index is 1110. The minimum Gasteiger partial charge on any atom is -0.493 e. The number of nitrogens with zero attached hydrogens (tertiary/aromatic N) is 3. The molecule has 0 aliphatic carbocycles. The van der Waals surface area contributed by atoms with E-state index in [1.165, 1.54) is 0 Å². The van der Waals surface area contributed by atoms with Crippen LogP contribution in [-0.2, 0) is 9.53 Å². The van der Waals surface area contributed by atoms with E-state index >= 15 is 0 Å². The second-order valence-corrected chi connectivity index (χ2v) is 6.81. The van der Waals surface area contributed by atoms with Crippen LogP contribution in [0.25, 0.3) is 10.9 Å². The van der Waals surface area contributed by atoms with Gasteiger partial charge in [0.1, 0.15) is 11.8 Å². The van der Waals surface area contributed by atoms with E-state index in [0.717, 1.165) is 22.3 Å². The molecule has 0 spiro atoms. The van der Waals surface area contributed by atoms with Gasteiger partial charge < -0.3 is 19.1 Å². The first-order chi connectivity index (χ1) is 15.1. The molecule has 7 nitrogen and oxygen atoms in total. The summed E-state index contributed by atoms with van der Waals surface area (Å²) in [5.41, 5.74) is 2.83. The number of hydrogen-bond acceptors (Lipinski definition) is 7. The fourth-order valence-electron chi connectivity index (χ4n) is 3.25. The molecule has 2 aromatic carbocycles. The quantitative estimate of drug-likeness (QED) is 0.370. The summed E-state index contributed by atoms with van der Waals surface area (Å²) in [6.45, 7) is 2.52. The van der Waals surface area contributed by atoms with Gasteiger partial charge >= 0.3 is 5.97 Å². The Labute approximate surface area is 181 Å². The number of benzene rings is 2. The average molecular weight is 419 g/mol. The zero-order valence-corrected chi connectivity index (χ0v) is 17.9. The lowest BCUT2D eigenvalue weighted by Crippen LogP contribution is -2.11. The number of rotatable bonds is 9. The summed E-state index contributed by atoms with van der Waals surface area (Å²) >= 11 is 0. The predicted molar refractivity (Wildman–Crippen MR) is 119 cm³/mol. The average Bonchev–Trinajstić information content (AvgIpc) is 2.80. The van der Waals surface area contributed by atoms with Crippen molar-refractivity contribution in [3.63, 3.8) is 0 Å². The molecule has 160 valence electrons. The Morgan fingerprint density at radius 1 is 1.16 bits per heavy atom. The van der Waals surface area contributed by atoms with E-state index < -0.39 is 0 Å². The summed E-state index contributed by atoms with van der Waals surface area (Å²) < 4.78 is 16.3. The lowest BCUT2D eigenvalue weighted by atomic mass is 10.1. The number of carbonyl (C=O) groups is 1. The Morgan fingerprint density at radius 3 is 2.71 bits per heavy atom. The lowest BCUT2D eigenvalue weighted by Gasteiger charge is -2.23. The smallest absolute Gasteiger partial charge is 0.305 e. The topological polar surface area (TPSA) is 84.7 Å². The van der Waals surface area contributed by atoms with Crippen molar-refractivity contribution in [3.05, 3.63) is 54.2 Å². The fraction of sp³-hybridized carbons (Fsp3) is 0.292. The third-order valence-electron chi connectivity index (χ3n) is 4.79. The first-order valence-corrected chi connectivity index (χ1v) is 10.1. The van der Waals surface area contributed by atoms with Gasteiger partial charge in [-0.25, -0.2) is 4.98 Å². The molecule has 1 heterocycles.